The molecule has 0 spiro atoms. The van der Waals surface area contributed by atoms with Crippen LogP contribution in [0.5, 0.6) is 0 Å². The maximum absolute atomic E-state index is 15.2. The second-order valence-corrected chi connectivity index (χ2v) is 27.4. The maximum Gasteiger partial charge on any atom is 0.223 e. The summed E-state index contributed by atoms with van der Waals surface area (Å²) in [5.41, 5.74) is 101. The molecule has 0 radical (unpaired) electrons. The summed E-state index contributed by atoms with van der Waals surface area (Å²) >= 11 is 0. The van der Waals surface area contributed by atoms with Gasteiger partial charge in [0.05, 0.1) is 6.54 Å². The van der Waals surface area contributed by atoms with Crippen LogP contribution in [0.25, 0.3) is 0 Å². The molecule has 0 rings (SSSR count). The summed E-state index contributed by atoms with van der Waals surface area (Å²) in [6.07, 6.45) is 1.18. The lowest BCUT2D eigenvalue weighted by atomic mass is 9.77. The van der Waals surface area contributed by atoms with Crippen LogP contribution < -0.4 is 109 Å². The van der Waals surface area contributed by atoms with Crippen molar-refractivity contribution in [1.29, 1.82) is 0 Å². The highest BCUT2D eigenvalue weighted by molar-refractivity contribution is 5.98. The number of nitrogens with zero attached hydrogens (tertiary/aromatic N) is 9. The van der Waals surface area contributed by atoms with Crippen molar-refractivity contribution in [1.82, 2.24) is 5.32 Å². The quantitative estimate of drug-likeness (QED) is 0.0169. The smallest absolute Gasteiger partial charge is 0.223 e. The average molecular weight is 1510 g/mol. The van der Waals surface area contributed by atoms with Crippen LogP contribution in [0.3, 0.4) is 0 Å². The molecule has 0 aromatic carbocycles. The summed E-state index contributed by atoms with van der Waals surface area (Å²) < 4.78 is 0. The third-order valence-electron chi connectivity index (χ3n) is 18.2. The topological polar surface area (TPSA) is 762 Å². The zero-order chi connectivity index (χ0) is 81.0. The molecule has 9 atom stereocenters. The molecule has 0 aliphatic carbocycles. The van der Waals surface area contributed by atoms with Gasteiger partial charge in [-0.2, -0.15) is 0 Å². The minimum absolute atomic E-state index is 0.0304. The van der Waals surface area contributed by atoms with E-state index in [4.69, 9.17) is 103 Å². The van der Waals surface area contributed by atoms with Crippen LogP contribution in [0.4, 0.5) is 0 Å². The van der Waals surface area contributed by atoms with Crippen molar-refractivity contribution in [3.8, 4) is 0 Å². The van der Waals surface area contributed by atoms with Crippen molar-refractivity contribution in [2.45, 2.75) is 194 Å². The lowest BCUT2D eigenvalue weighted by Gasteiger charge is -2.25. The lowest BCUT2D eigenvalue weighted by molar-refractivity contribution is -0.136. The van der Waals surface area contributed by atoms with Crippen LogP contribution in [-0.2, 0) is 47.9 Å². The van der Waals surface area contributed by atoms with Gasteiger partial charge in [0, 0.05) is 169 Å². The van der Waals surface area contributed by atoms with Crippen molar-refractivity contribution in [3.63, 3.8) is 0 Å². The molecular formula is C69H130N28O10. The van der Waals surface area contributed by atoms with Crippen LogP contribution in [0.2, 0.25) is 0 Å². The van der Waals surface area contributed by atoms with Crippen molar-refractivity contribution in [2.24, 2.45) is 207 Å². The standard InChI is InChI=1S/C69H130N28O10/c1-4-42(14-5-23-88-61(70)71)51(98)32-43(15-6-24-89-62(72)73)52(99)33-44(16-7-25-90-63(74)75)53(100)34-45(17-8-26-91-64(76)77)54(101)35-46(18-9-27-92-65(78)79)55(102)36-47(19-10-28-93-66(80)81)56(103)37-48(20-11-29-94-67(82)83)57(104)38-49(21-12-30-95-68(84)85)58(105)39-50(22-13-31-96-69(86)87)60(107)97-40-59(106)41(2)3/h41-50H,4-40H2,1-3H3,(H,97,107)(H4,70,71,88)(H4,72,73,89)(H4,74,75,90)(H4,76,77,91)(H4,78,79,92)(H4,80,81,93)(H4,82,83,94)(H4,84,85,95)(H4,86,87,96). The molecule has 0 saturated heterocycles. The molecule has 0 heterocycles. The average Bonchev–Trinajstić information content (AvgIpc) is 0.861. The van der Waals surface area contributed by atoms with Gasteiger partial charge in [-0.3, -0.25) is 92.9 Å². The molecule has 0 aliphatic rings. The molecule has 0 aromatic heterocycles. The second kappa shape index (κ2) is 56.3. The molecule has 0 aliphatic heterocycles. The first-order chi connectivity index (χ1) is 50.5. The van der Waals surface area contributed by atoms with E-state index in [0.29, 0.717) is 32.2 Å². The predicted molar refractivity (Wildman–Crippen MR) is 421 cm³/mol. The van der Waals surface area contributed by atoms with E-state index in [-0.39, 0.29) is 264 Å². The number of aliphatic imine (C=N–C) groups is 9. The minimum Gasteiger partial charge on any atom is -0.370 e. The van der Waals surface area contributed by atoms with Gasteiger partial charge in [0.15, 0.2) is 59.4 Å². The van der Waals surface area contributed by atoms with Crippen molar-refractivity contribution < 1.29 is 47.9 Å². The first-order valence-corrected chi connectivity index (χ1v) is 37.0. The zero-order valence-corrected chi connectivity index (χ0v) is 63.4. The molecule has 38 nitrogen and oxygen atoms in total. The van der Waals surface area contributed by atoms with Gasteiger partial charge in [0.1, 0.15) is 46.3 Å². The van der Waals surface area contributed by atoms with Gasteiger partial charge in [0.2, 0.25) is 5.91 Å². The second-order valence-electron chi connectivity index (χ2n) is 27.4. The molecule has 0 aromatic rings. The maximum atomic E-state index is 15.2. The minimum atomic E-state index is -1.10. The van der Waals surface area contributed by atoms with Crippen molar-refractivity contribution in [2.75, 3.05) is 65.4 Å². The van der Waals surface area contributed by atoms with Gasteiger partial charge in [-0.1, -0.05) is 20.8 Å². The Morgan fingerprint density at radius 1 is 0.234 bits per heavy atom. The molecular weight excluding hydrogens is 1380 g/mol. The SMILES string of the molecule is CCC(CCCN=C(N)N)C(=O)CC(CCCN=C(N)N)C(=O)CC(CCCN=C(N)N)C(=O)CC(CCCN=C(N)N)C(=O)CC(CCCN=C(N)N)C(=O)CC(CCCN=C(N)N)C(=O)CC(CCCN=C(N)N)C(=O)CC(CCCN=C(N)N)C(=O)CC(CCCN=C(N)N)C(=O)NCC(=O)C(C)C. The predicted octanol–water partition coefficient (Wildman–Crippen LogP) is -2.56. The lowest BCUT2D eigenvalue weighted by Crippen LogP contribution is -2.38. The normalized spacial score (nSPS) is 13.5. The first kappa shape index (κ1) is 96.9. The van der Waals surface area contributed by atoms with Gasteiger partial charge in [0.25, 0.3) is 0 Å². The van der Waals surface area contributed by atoms with E-state index in [9.17, 15) is 28.8 Å². The number of hydrogen-bond donors (Lipinski definition) is 19. The number of guanidine groups is 9. The Bertz CT molecular complexity index is 3060. The fourth-order valence-electron chi connectivity index (χ4n) is 12.3. The summed E-state index contributed by atoms with van der Waals surface area (Å²) in [6.45, 7) is 5.96. The van der Waals surface area contributed by atoms with Crippen molar-refractivity contribution in [3.05, 3.63) is 0 Å². The number of hydrogen-bond acceptors (Lipinski definition) is 19. The van der Waals surface area contributed by atoms with Crippen LogP contribution in [0.15, 0.2) is 44.9 Å². The number of ketones is 9. The third-order valence-corrected chi connectivity index (χ3v) is 18.2. The summed E-state index contributed by atoms with van der Waals surface area (Å²) in [5.74, 6) is -14.9. The van der Waals surface area contributed by atoms with Crippen LogP contribution in [0, 0.1) is 59.2 Å². The molecule has 9 unspecified atom stereocenters. The Morgan fingerprint density at radius 3 is 0.542 bits per heavy atom. The first-order valence-electron chi connectivity index (χ1n) is 37.0. The largest absolute Gasteiger partial charge is 0.370 e. The number of carbonyl (C=O) groups is 10. The highest BCUT2D eigenvalue weighted by Gasteiger charge is 2.37. The van der Waals surface area contributed by atoms with Crippen LogP contribution in [-0.4, -0.2) is 177 Å². The van der Waals surface area contributed by atoms with Gasteiger partial charge >= 0.3 is 0 Å². The summed E-state index contributed by atoms with van der Waals surface area (Å²) in [5, 5.41) is 2.65. The zero-order valence-electron chi connectivity index (χ0n) is 63.4. The third kappa shape index (κ3) is 48.6. The van der Waals surface area contributed by atoms with Gasteiger partial charge in [-0.25, -0.2) is 0 Å². The summed E-state index contributed by atoms with van der Waals surface area (Å²) in [7, 11) is 0. The highest BCUT2D eigenvalue weighted by Crippen LogP contribution is 2.32. The Morgan fingerprint density at radius 2 is 0.383 bits per heavy atom. The molecule has 38 heteroatoms. The van der Waals surface area contributed by atoms with E-state index in [1.54, 1.807) is 13.8 Å². The molecule has 606 valence electrons. The van der Waals surface area contributed by atoms with Gasteiger partial charge < -0.3 is 109 Å². The van der Waals surface area contributed by atoms with E-state index < -0.39 is 113 Å². The van der Waals surface area contributed by atoms with E-state index in [1.165, 1.54) is 0 Å². The van der Waals surface area contributed by atoms with Gasteiger partial charge in [-0.05, 0) is 122 Å². The Balaban J connectivity index is 7.94. The molecule has 0 bridgehead atoms. The monoisotopic (exact) mass is 1510 g/mol. The van der Waals surface area contributed by atoms with E-state index in [2.05, 4.69) is 50.2 Å². The molecule has 107 heavy (non-hydrogen) atoms. The summed E-state index contributed by atoms with van der Waals surface area (Å²) in [6, 6.07) is 0. The van der Waals surface area contributed by atoms with E-state index in [1.807, 2.05) is 6.92 Å². The van der Waals surface area contributed by atoms with E-state index >= 15 is 19.2 Å². The van der Waals surface area contributed by atoms with E-state index in [0.717, 1.165) is 0 Å². The number of carbonyl (C=O) groups excluding carboxylic acids is 10. The fourth-order valence-corrected chi connectivity index (χ4v) is 12.3. The molecule has 0 saturated carbocycles. The number of nitrogens with one attached hydrogen (secondary N) is 1. The number of nitrogens with two attached hydrogens (primary N) is 18. The molecule has 37 N–H and O–H groups in total. The Hall–Kier alpha value is -10.1. The highest BCUT2D eigenvalue weighted by atomic mass is 16.2. The van der Waals surface area contributed by atoms with Crippen LogP contribution >= 0.6 is 0 Å². The Labute approximate surface area is 629 Å². The molecule has 1 amide bonds. The van der Waals surface area contributed by atoms with Crippen LogP contribution in [0.1, 0.15) is 194 Å². The molecule has 0 fully saturated rings. The van der Waals surface area contributed by atoms with Crippen molar-refractivity contribution >= 4 is 112 Å². The summed E-state index contributed by atoms with van der Waals surface area (Å²) in [4.78, 5) is 182. The number of Topliss-reactive ketones (excluding diaryl/α,β-unsaturated/α-hetero) is 9. The number of amides is 1. The number of rotatable bonds is 65. The fraction of sp³-hybridized carbons (Fsp3) is 0.725. The Kier molecular flexibility index (Phi) is 51.0. The van der Waals surface area contributed by atoms with Gasteiger partial charge in [-0.15, -0.1) is 0 Å².